The highest BCUT2D eigenvalue weighted by atomic mass is 16.5. The molecule has 1 saturated carbocycles. The summed E-state index contributed by atoms with van der Waals surface area (Å²) >= 11 is 0. The summed E-state index contributed by atoms with van der Waals surface area (Å²) in [6.07, 6.45) is 4.77. The normalized spacial score (nSPS) is 18.1. The fourth-order valence-electron chi connectivity index (χ4n) is 2.45. The monoisotopic (exact) mass is 280 g/mol. The molecule has 0 heterocycles. The minimum Gasteiger partial charge on any atom is -0.461 e. The Morgan fingerprint density at radius 3 is 2.60 bits per heavy atom. The third kappa shape index (κ3) is 5.60. The Balaban J connectivity index is 2.30. The Kier molecular flexibility index (Phi) is 7.06. The van der Waals surface area contributed by atoms with E-state index in [0.717, 1.165) is 25.7 Å². The number of hydrogen-bond acceptors (Lipinski definition) is 4. The molecule has 5 nitrogen and oxygen atoms in total. The lowest BCUT2D eigenvalue weighted by molar-refractivity contribution is -0.149. The Bertz CT molecular complexity index is 370. The van der Waals surface area contributed by atoms with Crippen LogP contribution in [0.15, 0.2) is 0 Å². The quantitative estimate of drug-likeness (QED) is 0.726. The second-order valence-electron chi connectivity index (χ2n) is 5.48. The van der Waals surface area contributed by atoms with Gasteiger partial charge < -0.3 is 10.1 Å². The fraction of sp³-hybridized carbons (Fsp3) is 0.800. The smallest absolute Gasteiger partial charge is 0.308 e. The first-order valence-corrected chi connectivity index (χ1v) is 7.43. The van der Waals surface area contributed by atoms with E-state index in [0.29, 0.717) is 6.42 Å². The lowest BCUT2D eigenvalue weighted by Crippen LogP contribution is -2.38. The summed E-state index contributed by atoms with van der Waals surface area (Å²) in [4.78, 5) is 23.6. The Morgan fingerprint density at radius 1 is 1.40 bits per heavy atom. The molecule has 1 aliphatic rings. The van der Waals surface area contributed by atoms with Gasteiger partial charge >= 0.3 is 5.97 Å². The lowest BCUT2D eigenvalue weighted by Gasteiger charge is -2.18. The largest absolute Gasteiger partial charge is 0.461 e. The second-order valence-corrected chi connectivity index (χ2v) is 5.48. The van der Waals surface area contributed by atoms with Crippen LogP contribution in [0.25, 0.3) is 0 Å². The molecule has 0 spiro atoms. The number of carbonyl (C=O) groups excluding carboxylic acids is 2. The molecule has 1 rings (SSSR count). The number of hydrogen-bond donors (Lipinski definition) is 1. The minimum absolute atomic E-state index is 0.0480. The molecule has 0 aromatic rings. The summed E-state index contributed by atoms with van der Waals surface area (Å²) in [6.45, 7) is 3.68. The van der Waals surface area contributed by atoms with Gasteiger partial charge in [0.15, 0.2) is 0 Å². The van der Waals surface area contributed by atoms with Crippen LogP contribution in [-0.2, 0) is 14.3 Å². The number of amides is 1. The molecule has 5 heteroatoms. The van der Waals surface area contributed by atoms with E-state index in [9.17, 15) is 9.59 Å². The minimum atomic E-state index is -0.355. The number of nitriles is 1. The van der Waals surface area contributed by atoms with E-state index >= 15 is 0 Å². The van der Waals surface area contributed by atoms with E-state index in [1.165, 1.54) is 0 Å². The Hall–Kier alpha value is -1.57. The zero-order valence-electron chi connectivity index (χ0n) is 12.4. The molecule has 1 amide bonds. The summed E-state index contributed by atoms with van der Waals surface area (Å²) in [7, 11) is 0. The number of nitrogens with one attached hydrogen (secondary N) is 1. The molecular formula is C15H24N2O3. The van der Waals surface area contributed by atoms with Crippen LogP contribution in [0, 0.1) is 17.2 Å². The Labute approximate surface area is 120 Å². The summed E-state index contributed by atoms with van der Waals surface area (Å²) < 4.78 is 5.21. The predicted octanol–water partition coefficient (Wildman–Crippen LogP) is 2.31. The van der Waals surface area contributed by atoms with Crippen LogP contribution in [0.4, 0.5) is 0 Å². The van der Waals surface area contributed by atoms with Crippen molar-refractivity contribution in [2.45, 2.75) is 70.9 Å². The van der Waals surface area contributed by atoms with Crippen LogP contribution >= 0.6 is 0 Å². The van der Waals surface area contributed by atoms with Crippen LogP contribution in [0.5, 0.6) is 0 Å². The molecule has 0 bridgehead atoms. The molecule has 0 aliphatic heterocycles. The fourth-order valence-corrected chi connectivity index (χ4v) is 2.45. The van der Waals surface area contributed by atoms with E-state index in [2.05, 4.69) is 5.32 Å². The van der Waals surface area contributed by atoms with Crippen molar-refractivity contribution in [2.75, 3.05) is 0 Å². The van der Waals surface area contributed by atoms with Gasteiger partial charge in [0.25, 0.3) is 0 Å². The third-order valence-corrected chi connectivity index (χ3v) is 3.66. The number of esters is 1. The molecule has 0 radical (unpaired) electrons. The van der Waals surface area contributed by atoms with Crippen molar-refractivity contribution in [1.82, 2.24) is 5.32 Å². The van der Waals surface area contributed by atoms with E-state index in [1.807, 2.05) is 13.0 Å². The van der Waals surface area contributed by atoms with Gasteiger partial charge in [0.1, 0.15) is 6.10 Å². The van der Waals surface area contributed by atoms with Crippen molar-refractivity contribution in [2.24, 2.45) is 5.92 Å². The summed E-state index contributed by atoms with van der Waals surface area (Å²) in [5.74, 6) is -0.200. The van der Waals surface area contributed by atoms with Gasteiger partial charge in [-0.3, -0.25) is 9.59 Å². The number of rotatable bonds is 7. The second kappa shape index (κ2) is 8.57. The standard InChI is InChI=1S/C15H24N2O3/c1-3-13(8-9-16)20-14(18)10-11(2)17-15(19)12-6-4-5-7-12/h11-13H,3-8,10H2,1-2H3,(H,17,19)/t11-,13+/m0/s1. The van der Waals surface area contributed by atoms with Gasteiger partial charge in [-0.25, -0.2) is 0 Å². The summed E-state index contributed by atoms with van der Waals surface area (Å²) in [5.41, 5.74) is 0. The third-order valence-electron chi connectivity index (χ3n) is 3.66. The van der Waals surface area contributed by atoms with Gasteiger partial charge in [-0.05, 0) is 26.2 Å². The molecule has 112 valence electrons. The van der Waals surface area contributed by atoms with Crippen LogP contribution in [0.3, 0.4) is 0 Å². The van der Waals surface area contributed by atoms with Crippen molar-refractivity contribution in [1.29, 1.82) is 5.26 Å². The summed E-state index contributed by atoms with van der Waals surface area (Å²) in [6, 6.07) is 1.77. The van der Waals surface area contributed by atoms with Gasteiger partial charge in [0, 0.05) is 12.0 Å². The molecule has 2 atom stereocenters. The van der Waals surface area contributed by atoms with Crippen molar-refractivity contribution in [3.8, 4) is 6.07 Å². The molecule has 0 saturated heterocycles. The maximum Gasteiger partial charge on any atom is 0.308 e. The molecule has 20 heavy (non-hydrogen) atoms. The molecule has 0 aromatic heterocycles. The number of carbonyl (C=O) groups is 2. The van der Waals surface area contributed by atoms with E-state index in [4.69, 9.17) is 10.00 Å². The van der Waals surface area contributed by atoms with Gasteiger partial charge in [0.2, 0.25) is 5.91 Å². The van der Waals surface area contributed by atoms with Gasteiger partial charge in [-0.2, -0.15) is 5.26 Å². The van der Waals surface area contributed by atoms with Crippen LogP contribution in [0.1, 0.15) is 58.8 Å². The average Bonchev–Trinajstić information content (AvgIpc) is 2.91. The molecule has 1 N–H and O–H groups in total. The van der Waals surface area contributed by atoms with Gasteiger partial charge in [-0.15, -0.1) is 0 Å². The van der Waals surface area contributed by atoms with Crippen LogP contribution in [0.2, 0.25) is 0 Å². The highest BCUT2D eigenvalue weighted by Crippen LogP contribution is 2.24. The molecular weight excluding hydrogens is 256 g/mol. The van der Waals surface area contributed by atoms with Crippen molar-refractivity contribution in [3.63, 3.8) is 0 Å². The van der Waals surface area contributed by atoms with Crippen molar-refractivity contribution < 1.29 is 14.3 Å². The molecule has 0 unspecified atom stereocenters. The van der Waals surface area contributed by atoms with Crippen LogP contribution in [-0.4, -0.2) is 24.0 Å². The zero-order chi connectivity index (χ0) is 15.0. The first kappa shape index (κ1) is 16.5. The van der Waals surface area contributed by atoms with Gasteiger partial charge in [-0.1, -0.05) is 19.8 Å². The highest BCUT2D eigenvalue weighted by molar-refractivity contribution is 5.80. The number of ether oxygens (including phenoxy) is 1. The van der Waals surface area contributed by atoms with E-state index in [-0.39, 0.29) is 42.8 Å². The average molecular weight is 280 g/mol. The van der Waals surface area contributed by atoms with Crippen LogP contribution < -0.4 is 5.32 Å². The van der Waals surface area contributed by atoms with E-state index in [1.54, 1.807) is 6.92 Å². The van der Waals surface area contributed by atoms with Crippen molar-refractivity contribution in [3.05, 3.63) is 0 Å². The van der Waals surface area contributed by atoms with E-state index < -0.39 is 0 Å². The molecule has 0 aromatic carbocycles. The summed E-state index contributed by atoms with van der Waals surface area (Å²) in [5, 5.41) is 11.5. The maximum absolute atomic E-state index is 11.9. The zero-order valence-corrected chi connectivity index (χ0v) is 12.4. The first-order valence-electron chi connectivity index (χ1n) is 7.43. The number of nitrogens with zero attached hydrogens (tertiary/aromatic N) is 1. The SMILES string of the molecule is CC[C@H](CC#N)OC(=O)C[C@H](C)NC(=O)C1CCCC1. The lowest BCUT2D eigenvalue weighted by atomic mass is 10.1. The molecule has 1 fully saturated rings. The maximum atomic E-state index is 11.9. The first-order chi connectivity index (χ1) is 9.56. The van der Waals surface area contributed by atoms with Gasteiger partial charge in [0.05, 0.1) is 18.9 Å². The highest BCUT2D eigenvalue weighted by Gasteiger charge is 2.24. The predicted molar refractivity (Wildman–Crippen MR) is 74.6 cm³/mol. The molecule has 1 aliphatic carbocycles. The van der Waals surface area contributed by atoms with Crippen molar-refractivity contribution >= 4 is 11.9 Å². The Morgan fingerprint density at radius 2 is 2.05 bits per heavy atom. The topological polar surface area (TPSA) is 79.2 Å².